The third-order valence-electron chi connectivity index (χ3n) is 4.81. The summed E-state index contributed by atoms with van der Waals surface area (Å²) in [4.78, 5) is 14.1. The van der Waals surface area contributed by atoms with Crippen LogP contribution in [0.5, 0.6) is 0 Å². The Hall–Kier alpha value is -1.46. The van der Waals surface area contributed by atoms with Crippen molar-refractivity contribution in [2.24, 2.45) is 5.92 Å². The molecule has 0 aliphatic carbocycles. The molecule has 5 heteroatoms. The number of carbonyl (C=O) groups excluding carboxylic acids is 1. The monoisotopic (exact) mass is 350 g/mol. The van der Waals surface area contributed by atoms with E-state index in [2.05, 4.69) is 19.2 Å². The van der Waals surface area contributed by atoms with E-state index in [1.807, 2.05) is 17.0 Å². The highest BCUT2D eigenvalue weighted by Gasteiger charge is 2.17. The second kappa shape index (κ2) is 10.5. The number of nitrogens with one attached hydrogen (secondary N) is 1. The fourth-order valence-electron chi connectivity index (χ4n) is 3.13. The number of benzene rings is 1. The number of nitrogens with zero attached hydrogens (tertiary/aromatic N) is 1. The third kappa shape index (κ3) is 7.12. The Morgan fingerprint density at radius 3 is 2.52 bits per heavy atom. The summed E-state index contributed by atoms with van der Waals surface area (Å²) in [6.45, 7) is 7.94. The topological polar surface area (TPSA) is 41.6 Å². The molecule has 0 spiro atoms. The molecule has 1 amide bonds. The normalized spacial score (nSPS) is 16.2. The lowest BCUT2D eigenvalue weighted by atomic mass is 9.97. The Morgan fingerprint density at radius 2 is 1.88 bits per heavy atom. The summed E-state index contributed by atoms with van der Waals surface area (Å²) in [5, 5.41) is 3.57. The van der Waals surface area contributed by atoms with Crippen LogP contribution in [0.2, 0.25) is 0 Å². The van der Waals surface area contributed by atoms with Crippen molar-refractivity contribution >= 4 is 5.91 Å². The zero-order valence-corrected chi connectivity index (χ0v) is 15.5. The van der Waals surface area contributed by atoms with E-state index in [0.29, 0.717) is 31.6 Å². The fourth-order valence-corrected chi connectivity index (χ4v) is 3.13. The molecule has 1 fully saturated rings. The number of rotatable bonds is 9. The molecule has 2 rings (SSSR count). The van der Waals surface area contributed by atoms with Gasteiger partial charge in [-0.3, -0.25) is 4.79 Å². The lowest BCUT2D eigenvalue weighted by Gasteiger charge is -2.27. The van der Waals surface area contributed by atoms with Gasteiger partial charge >= 0.3 is 0 Å². The van der Waals surface area contributed by atoms with E-state index >= 15 is 0 Å². The molecule has 0 saturated carbocycles. The van der Waals surface area contributed by atoms with Crippen molar-refractivity contribution in [3.63, 3.8) is 0 Å². The lowest BCUT2D eigenvalue weighted by molar-refractivity contribution is -0.135. The van der Waals surface area contributed by atoms with Crippen LogP contribution in [0.25, 0.3) is 0 Å². The summed E-state index contributed by atoms with van der Waals surface area (Å²) < 4.78 is 18.2. The molecule has 1 heterocycles. The zero-order chi connectivity index (χ0) is 18.1. The first-order valence-electron chi connectivity index (χ1n) is 9.39. The van der Waals surface area contributed by atoms with Crippen molar-refractivity contribution in [3.05, 3.63) is 35.6 Å². The van der Waals surface area contributed by atoms with Crippen molar-refractivity contribution in [2.75, 3.05) is 26.3 Å². The Labute approximate surface area is 150 Å². The molecule has 1 aliphatic rings. The average molecular weight is 350 g/mol. The lowest BCUT2D eigenvalue weighted by Crippen LogP contribution is -2.40. The number of unbranched alkanes of at least 4 members (excludes halogenated alkanes) is 1. The van der Waals surface area contributed by atoms with Gasteiger partial charge in [-0.05, 0) is 36.5 Å². The van der Waals surface area contributed by atoms with Gasteiger partial charge in [0.05, 0.1) is 13.2 Å². The zero-order valence-electron chi connectivity index (χ0n) is 15.5. The molecule has 1 unspecified atom stereocenters. The maximum Gasteiger partial charge on any atom is 0.222 e. The van der Waals surface area contributed by atoms with Crippen LogP contribution in [0.1, 0.15) is 45.1 Å². The highest BCUT2D eigenvalue weighted by atomic mass is 19.1. The number of morpholine rings is 1. The third-order valence-corrected chi connectivity index (χ3v) is 4.81. The quantitative estimate of drug-likeness (QED) is 0.695. The SMILES string of the molecule is CC(C)C(CCCCC(=O)N1CCOCC1)NCc1ccc(F)cc1. The minimum Gasteiger partial charge on any atom is -0.378 e. The van der Waals surface area contributed by atoms with Crippen molar-refractivity contribution < 1.29 is 13.9 Å². The van der Waals surface area contributed by atoms with Gasteiger partial charge in [0.25, 0.3) is 0 Å². The smallest absolute Gasteiger partial charge is 0.222 e. The number of hydrogen-bond acceptors (Lipinski definition) is 3. The van der Waals surface area contributed by atoms with Gasteiger partial charge in [-0.15, -0.1) is 0 Å². The van der Waals surface area contributed by atoms with Crippen LogP contribution in [0.3, 0.4) is 0 Å². The van der Waals surface area contributed by atoms with E-state index in [-0.39, 0.29) is 11.7 Å². The molecular weight excluding hydrogens is 319 g/mol. The fraction of sp³-hybridized carbons (Fsp3) is 0.650. The first kappa shape index (κ1) is 19.9. The summed E-state index contributed by atoms with van der Waals surface area (Å²) in [6, 6.07) is 7.04. The van der Waals surface area contributed by atoms with Crippen LogP contribution >= 0.6 is 0 Å². The summed E-state index contributed by atoms with van der Waals surface area (Å²) in [7, 11) is 0. The van der Waals surface area contributed by atoms with E-state index in [1.54, 1.807) is 0 Å². The Kier molecular flexibility index (Phi) is 8.35. The number of amides is 1. The van der Waals surface area contributed by atoms with Gasteiger partial charge in [-0.1, -0.05) is 32.4 Å². The summed E-state index contributed by atoms with van der Waals surface area (Å²) >= 11 is 0. The molecule has 1 aromatic rings. The largest absolute Gasteiger partial charge is 0.378 e. The van der Waals surface area contributed by atoms with Crippen LogP contribution in [-0.4, -0.2) is 43.2 Å². The Balaban J connectivity index is 1.66. The molecule has 4 nitrogen and oxygen atoms in total. The molecule has 1 N–H and O–H groups in total. The standard InChI is InChI=1S/C20H31FN2O2/c1-16(2)19(22-15-17-7-9-18(21)10-8-17)5-3-4-6-20(24)23-11-13-25-14-12-23/h7-10,16,19,22H,3-6,11-15H2,1-2H3. The molecular formula is C20H31FN2O2. The Bertz CT molecular complexity index is 513. The molecule has 0 radical (unpaired) electrons. The molecule has 140 valence electrons. The van der Waals surface area contributed by atoms with Crippen molar-refractivity contribution in [1.29, 1.82) is 0 Å². The van der Waals surface area contributed by atoms with E-state index in [0.717, 1.165) is 44.5 Å². The van der Waals surface area contributed by atoms with Gasteiger partial charge in [0.2, 0.25) is 5.91 Å². The molecule has 25 heavy (non-hydrogen) atoms. The molecule has 1 aromatic carbocycles. The second-order valence-corrected chi connectivity index (χ2v) is 7.10. The van der Waals surface area contributed by atoms with E-state index in [9.17, 15) is 9.18 Å². The molecule has 1 saturated heterocycles. The van der Waals surface area contributed by atoms with Crippen LogP contribution in [0, 0.1) is 11.7 Å². The maximum atomic E-state index is 13.0. The first-order chi connectivity index (χ1) is 12.1. The van der Waals surface area contributed by atoms with Crippen LogP contribution in [0.4, 0.5) is 4.39 Å². The van der Waals surface area contributed by atoms with Gasteiger partial charge in [0.1, 0.15) is 5.82 Å². The summed E-state index contributed by atoms with van der Waals surface area (Å²) in [5.41, 5.74) is 1.09. The minimum atomic E-state index is -0.200. The number of halogens is 1. The van der Waals surface area contributed by atoms with Gasteiger partial charge in [-0.25, -0.2) is 4.39 Å². The number of ether oxygens (including phenoxy) is 1. The highest BCUT2D eigenvalue weighted by molar-refractivity contribution is 5.76. The molecule has 0 aromatic heterocycles. The Morgan fingerprint density at radius 1 is 1.20 bits per heavy atom. The number of carbonyl (C=O) groups is 1. The molecule has 1 atom stereocenters. The average Bonchev–Trinajstić information content (AvgIpc) is 2.62. The van der Waals surface area contributed by atoms with Crippen molar-refractivity contribution in [2.45, 2.75) is 52.1 Å². The molecule has 0 bridgehead atoms. The summed E-state index contributed by atoms with van der Waals surface area (Å²) in [5.74, 6) is 0.577. The van der Waals surface area contributed by atoms with Crippen LogP contribution in [-0.2, 0) is 16.1 Å². The van der Waals surface area contributed by atoms with Gasteiger partial charge in [0, 0.05) is 32.1 Å². The second-order valence-electron chi connectivity index (χ2n) is 7.10. The maximum absolute atomic E-state index is 13.0. The van der Waals surface area contributed by atoms with Gasteiger partial charge in [-0.2, -0.15) is 0 Å². The minimum absolute atomic E-state index is 0.200. The van der Waals surface area contributed by atoms with Crippen LogP contribution < -0.4 is 5.32 Å². The van der Waals surface area contributed by atoms with E-state index < -0.39 is 0 Å². The summed E-state index contributed by atoms with van der Waals surface area (Å²) in [6.07, 6.45) is 3.64. The molecule has 1 aliphatic heterocycles. The van der Waals surface area contributed by atoms with E-state index in [4.69, 9.17) is 4.74 Å². The highest BCUT2D eigenvalue weighted by Crippen LogP contribution is 2.14. The van der Waals surface area contributed by atoms with Gasteiger partial charge < -0.3 is 15.0 Å². The van der Waals surface area contributed by atoms with E-state index in [1.165, 1.54) is 12.1 Å². The van der Waals surface area contributed by atoms with Crippen molar-refractivity contribution in [1.82, 2.24) is 10.2 Å². The predicted octanol–water partition coefficient (Wildman–Crippen LogP) is 3.36. The van der Waals surface area contributed by atoms with Crippen LogP contribution in [0.15, 0.2) is 24.3 Å². The van der Waals surface area contributed by atoms with Gasteiger partial charge in [0.15, 0.2) is 0 Å². The predicted molar refractivity (Wildman–Crippen MR) is 97.7 cm³/mol. The number of hydrogen-bond donors (Lipinski definition) is 1. The first-order valence-corrected chi connectivity index (χ1v) is 9.39. The van der Waals surface area contributed by atoms with Crippen molar-refractivity contribution in [3.8, 4) is 0 Å².